The smallest absolute Gasteiger partial charge is 0.270 e. The zero-order chi connectivity index (χ0) is 16.4. The maximum Gasteiger partial charge on any atom is 0.270 e. The van der Waals surface area contributed by atoms with E-state index in [1.807, 2.05) is 41.9 Å². The van der Waals surface area contributed by atoms with E-state index < -0.39 is 4.92 Å². The molecule has 1 aromatic carbocycles. The second kappa shape index (κ2) is 5.77. The molecule has 1 N–H and O–H groups in total. The summed E-state index contributed by atoms with van der Waals surface area (Å²) < 4.78 is 1.94. The van der Waals surface area contributed by atoms with Crippen molar-refractivity contribution >= 4 is 17.0 Å². The molecule has 0 saturated carbocycles. The van der Waals surface area contributed by atoms with Gasteiger partial charge in [-0.15, -0.1) is 0 Å². The van der Waals surface area contributed by atoms with E-state index in [1.54, 1.807) is 0 Å². The van der Waals surface area contributed by atoms with Crippen LogP contribution in [0.15, 0.2) is 42.7 Å². The first kappa shape index (κ1) is 14.5. The van der Waals surface area contributed by atoms with Gasteiger partial charge in [0.1, 0.15) is 11.7 Å². The first-order valence-electron chi connectivity index (χ1n) is 6.94. The van der Waals surface area contributed by atoms with Gasteiger partial charge in [-0.3, -0.25) is 10.1 Å². The average molecular weight is 307 g/mol. The van der Waals surface area contributed by atoms with Crippen LogP contribution in [-0.4, -0.2) is 14.3 Å². The highest BCUT2D eigenvalue weighted by atomic mass is 16.6. The number of benzene rings is 1. The summed E-state index contributed by atoms with van der Waals surface area (Å²) in [5.41, 5.74) is 3.46. The highest BCUT2D eigenvalue weighted by Crippen LogP contribution is 2.22. The van der Waals surface area contributed by atoms with Gasteiger partial charge in [-0.2, -0.15) is 5.26 Å². The number of nitro benzene ring substituents is 1. The molecule has 0 radical (unpaired) electrons. The highest BCUT2D eigenvalue weighted by molar-refractivity contribution is 5.61. The number of hydrogen-bond acceptors (Lipinski definition) is 5. The lowest BCUT2D eigenvalue weighted by atomic mass is 10.1. The van der Waals surface area contributed by atoms with Crippen LogP contribution in [0.3, 0.4) is 0 Å². The molecular formula is C16H13N5O2. The number of hydrogen-bond donors (Lipinski definition) is 1. The Morgan fingerprint density at radius 3 is 2.96 bits per heavy atom. The molecule has 114 valence electrons. The first-order valence-corrected chi connectivity index (χ1v) is 6.94. The van der Waals surface area contributed by atoms with E-state index >= 15 is 0 Å². The van der Waals surface area contributed by atoms with E-state index in [0.29, 0.717) is 12.2 Å². The maximum atomic E-state index is 10.8. The van der Waals surface area contributed by atoms with Crippen molar-refractivity contribution in [1.29, 1.82) is 5.26 Å². The number of aromatic nitrogens is 2. The van der Waals surface area contributed by atoms with Gasteiger partial charge in [-0.25, -0.2) is 4.98 Å². The van der Waals surface area contributed by atoms with Crippen LogP contribution in [-0.2, 0) is 6.54 Å². The number of fused-ring (bicyclic) bond motifs is 1. The molecule has 23 heavy (non-hydrogen) atoms. The fourth-order valence-corrected chi connectivity index (χ4v) is 2.37. The molecule has 3 aromatic rings. The molecule has 0 aliphatic carbocycles. The number of non-ortho nitro benzene ring substituents is 1. The third-order valence-electron chi connectivity index (χ3n) is 3.52. The molecule has 0 bridgehead atoms. The van der Waals surface area contributed by atoms with Crippen LogP contribution in [0.5, 0.6) is 0 Å². The summed E-state index contributed by atoms with van der Waals surface area (Å²) in [5, 5.41) is 23.0. The summed E-state index contributed by atoms with van der Waals surface area (Å²) in [4.78, 5) is 14.8. The Morgan fingerprint density at radius 2 is 2.26 bits per heavy atom. The second-order valence-electron chi connectivity index (χ2n) is 5.11. The lowest BCUT2D eigenvalue weighted by Gasteiger charge is -2.06. The van der Waals surface area contributed by atoms with Crippen molar-refractivity contribution < 1.29 is 4.92 Å². The molecule has 0 unspecified atom stereocenters. The van der Waals surface area contributed by atoms with E-state index in [2.05, 4.69) is 10.3 Å². The van der Waals surface area contributed by atoms with Crippen molar-refractivity contribution in [2.45, 2.75) is 13.5 Å². The summed E-state index contributed by atoms with van der Waals surface area (Å²) in [5.74, 6) is 0. The molecular weight excluding hydrogens is 294 g/mol. The summed E-state index contributed by atoms with van der Waals surface area (Å²) in [6, 6.07) is 10.1. The van der Waals surface area contributed by atoms with Crippen LogP contribution < -0.4 is 5.32 Å². The molecule has 2 aromatic heterocycles. The largest absolute Gasteiger partial charge is 0.378 e. The summed E-state index contributed by atoms with van der Waals surface area (Å²) >= 11 is 0. The molecule has 7 nitrogen and oxygen atoms in total. The van der Waals surface area contributed by atoms with Crippen molar-refractivity contribution in [1.82, 2.24) is 9.38 Å². The van der Waals surface area contributed by atoms with Gasteiger partial charge in [-0.05, 0) is 24.6 Å². The fraction of sp³-hybridized carbons (Fsp3) is 0.125. The van der Waals surface area contributed by atoms with Gasteiger partial charge in [0, 0.05) is 24.5 Å². The van der Waals surface area contributed by atoms with E-state index in [-0.39, 0.29) is 11.3 Å². The van der Waals surface area contributed by atoms with Crippen molar-refractivity contribution in [3.05, 3.63) is 69.7 Å². The molecule has 0 spiro atoms. The van der Waals surface area contributed by atoms with Crippen molar-refractivity contribution in [2.75, 3.05) is 5.32 Å². The number of nitrogens with one attached hydrogen (secondary N) is 1. The molecule has 7 heteroatoms. The third kappa shape index (κ3) is 2.82. The standard InChI is InChI=1S/C16H13N5O2/c1-11-3-2-6-20-10-13(19-16(11)20)9-18-15-5-4-14(21(22)23)7-12(15)8-17/h2-7,10,18H,9H2,1H3. The fourth-order valence-electron chi connectivity index (χ4n) is 2.37. The molecule has 0 atom stereocenters. The molecule has 0 fully saturated rings. The monoisotopic (exact) mass is 307 g/mol. The van der Waals surface area contributed by atoms with E-state index in [1.165, 1.54) is 18.2 Å². The molecule has 0 saturated heterocycles. The topological polar surface area (TPSA) is 96.3 Å². The Balaban J connectivity index is 1.83. The van der Waals surface area contributed by atoms with Crippen LogP contribution >= 0.6 is 0 Å². The minimum atomic E-state index is -0.518. The zero-order valence-electron chi connectivity index (χ0n) is 12.4. The zero-order valence-corrected chi connectivity index (χ0v) is 12.4. The third-order valence-corrected chi connectivity index (χ3v) is 3.52. The van der Waals surface area contributed by atoms with Gasteiger partial charge < -0.3 is 9.72 Å². The van der Waals surface area contributed by atoms with Crippen LogP contribution in [0.25, 0.3) is 5.65 Å². The molecule has 2 heterocycles. The number of nitro groups is 1. The number of anilines is 1. The summed E-state index contributed by atoms with van der Waals surface area (Å²) in [6.45, 7) is 2.41. The summed E-state index contributed by atoms with van der Waals surface area (Å²) in [6.07, 6.45) is 3.83. The van der Waals surface area contributed by atoms with Gasteiger partial charge in [-0.1, -0.05) is 6.07 Å². The Kier molecular flexibility index (Phi) is 3.65. The first-order chi connectivity index (χ1) is 11.1. The van der Waals surface area contributed by atoms with Crippen molar-refractivity contribution in [3.63, 3.8) is 0 Å². The van der Waals surface area contributed by atoms with Gasteiger partial charge in [0.2, 0.25) is 0 Å². The Morgan fingerprint density at radius 1 is 1.43 bits per heavy atom. The lowest BCUT2D eigenvalue weighted by Crippen LogP contribution is -2.02. The Labute approximate surface area is 132 Å². The normalized spacial score (nSPS) is 10.4. The average Bonchev–Trinajstić information content (AvgIpc) is 2.97. The molecule has 0 aliphatic rings. The number of aryl methyl sites for hydroxylation is 1. The molecule has 0 amide bonds. The number of imidazole rings is 1. The van der Waals surface area contributed by atoms with Crippen LogP contribution in [0.4, 0.5) is 11.4 Å². The number of rotatable bonds is 4. The van der Waals surface area contributed by atoms with Crippen LogP contribution in [0.2, 0.25) is 0 Å². The SMILES string of the molecule is Cc1cccn2cc(CNc3ccc([N+](=O)[O-])cc3C#N)nc12. The Hall–Kier alpha value is -3.40. The van der Waals surface area contributed by atoms with E-state index in [0.717, 1.165) is 16.9 Å². The van der Waals surface area contributed by atoms with Gasteiger partial charge in [0.05, 0.1) is 28.4 Å². The predicted molar refractivity (Wildman–Crippen MR) is 85.1 cm³/mol. The van der Waals surface area contributed by atoms with Crippen LogP contribution in [0.1, 0.15) is 16.8 Å². The maximum absolute atomic E-state index is 10.8. The molecule has 3 rings (SSSR count). The van der Waals surface area contributed by atoms with Gasteiger partial charge >= 0.3 is 0 Å². The van der Waals surface area contributed by atoms with Gasteiger partial charge in [0.25, 0.3) is 5.69 Å². The Bertz CT molecular complexity index is 939. The lowest BCUT2D eigenvalue weighted by molar-refractivity contribution is -0.384. The number of nitrogens with zero attached hydrogens (tertiary/aromatic N) is 4. The number of nitriles is 1. The van der Waals surface area contributed by atoms with Gasteiger partial charge in [0.15, 0.2) is 0 Å². The van der Waals surface area contributed by atoms with Crippen molar-refractivity contribution in [3.8, 4) is 6.07 Å². The van der Waals surface area contributed by atoms with E-state index in [4.69, 9.17) is 5.26 Å². The molecule has 0 aliphatic heterocycles. The second-order valence-corrected chi connectivity index (χ2v) is 5.11. The minimum Gasteiger partial charge on any atom is -0.378 e. The number of pyridine rings is 1. The summed E-state index contributed by atoms with van der Waals surface area (Å²) in [7, 11) is 0. The minimum absolute atomic E-state index is 0.101. The van der Waals surface area contributed by atoms with E-state index in [9.17, 15) is 10.1 Å². The predicted octanol–water partition coefficient (Wildman–Crippen LogP) is 3.03. The highest BCUT2D eigenvalue weighted by Gasteiger charge is 2.11. The van der Waals surface area contributed by atoms with Crippen molar-refractivity contribution in [2.24, 2.45) is 0 Å². The quantitative estimate of drug-likeness (QED) is 0.590. The van der Waals surface area contributed by atoms with Crippen LogP contribution in [0, 0.1) is 28.4 Å².